The number of carbonyl (C=O) groups excluding carboxylic acids is 1. The summed E-state index contributed by atoms with van der Waals surface area (Å²) in [5, 5.41) is 0.691. The molecule has 1 fully saturated rings. The van der Waals surface area contributed by atoms with Crippen LogP contribution < -0.4 is 0 Å². The number of hydrogen-bond acceptors (Lipinski definition) is 2. The molecule has 1 nitrogen and oxygen atoms in total. The molecule has 1 rings (SSSR count). The molecule has 1 aliphatic rings. The molecule has 1 aliphatic heterocycles. The van der Waals surface area contributed by atoms with Gasteiger partial charge in [-0.2, -0.15) is 11.8 Å². The van der Waals surface area contributed by atoms with Crippen molar-refractivity contribution in [3.8, 4) is 11.8 Å². The SMILES string of the molecule is O=CC#CCC1CCCCS1. The third-order valence-corrected chi connectivity index (χ3v) is 3.16. The van der Waals surface area contributed by atoms with Gasteiger partial charge in [0.1, 0.15) is 0 Å². The second-order valence-electron chi connectivity index (χ2n) is 2.63. The van der Waals surface area contributed by atoms with Gasteiger partial charge < -0.3 is 0 Å². The molecule has 0 spiro atoms. The van der Waals surface area contributed by atoms with Crippen LogP contribution in [0, 0.1) is 11.8 Å². The van der Waals surface area contributed by atoms with Crippen LogP contribution in [-0.2, 0) is 4.79 Å². The van der Waals surface area contributed by atoms with E-state index >= 15 is 0 Å². The number of thioether (sulfide) groups is 1. The molecule has 0 radical (unpaired) electrons. The zero-order valence-electron chi connectivity index (χ0n) is 6.51. The summed E-state index contributed by atoms with van der Waals surface area (Å²) in [6.45, 7) is 0. The molecule has 1 atom stereocenters. The Balaban J connectivity index is 2.19. The van der Waals surface area contributed by atoms with Gasteiger partial charge in [-0.15, -0.1) is 0 Å². The second-order valence-corrected chi connectivity index (χ2v) is 4.04. The first-order valence-corrected chi connectivity index (χ1v) is 5.02. The molecular formula is C9H12OS. The summed E-state index contributed by atoms with van der Waals surface area (Å²) in [6, 6.07) is 0. The molecule has 2 heteroatoms. The van der Waals surface area contributed by atoms with Crippen molar-refractivity contribution in [1.82, 2.24) is 0 Å². The van der Waals surface area contributed by atoms with Gasteiger partial charge in [-0.3, -0.25) is 4.79 Å². The topological polar surface area (TPSA) is 17.1 Å². The molecule has 0 aromatic heterocycles. The largest absolute Gasteiger partial charge is 0.289 e. The minimum absolute atomic E-state index is 0.674. The summed E-state index contributed by atoms with van der Waals surface area (Å²) < 4.78 is 0. The summed E-state index contributed by atoms with van der Waals surface area (Å²) in [7, 11) is 0. The molecule has 0 N–H and O–H groups in total. The van der Waals surface area contributed by atoms with Crippen LogP contribution in [0.15, 0.2) is 0 Å². The molecule has 1 saturated heterocycles. The highest BCUT2D eigenvalue weighted by atomic mass is 32.2. The van der Waals surface area contributed by atoms with Gasteiger partial charge in [0.2, 0.25) is 0 Å². The lowest BCUT2D eigenvalue weighted by molar-refractivity contribution is -0.103. The normalized spacial score (nSPS) is 23.5. The van der Waals surface area contributed by atoms with E-state index in [0.717, 1.165) is 6.42 Å². The Kier molecular flexibility index (Phi) is 4.15. The zero-order chi connectivity index (χ0) is 7.94. The second kappa shape index (κ2) is 5.26. The highest BCUT2D eigenvalue weighted by Gasteiger charge is 2.11. The van der Waals surface area contributed by atoms with E-state index in [1.807, 2.05) is 11.8 Å². The molecule has 0 aliphatic carbocycles. The fourth-order valence-corrected chi connectivity index (χ4v) is 2.42. The van der Waals surface area contributed by atoms with E-state index in [-0.39, 0.29) is 0 Å². The quantitative estimate of drug-likeness (QED) is 0.439. The van der Waals surface area contributed by atoms with E-state index in [1.165, 1.54) is 25.0 Å². The van der Waals surface area contributed by atoms with Gasteiger partial charge in [-0.25, -0.2) is 0 Å². The Morgan fingerprint density at radius 2 is 2.45 bits per heavy atom. The van der Waals surface area contributed by atoms with Crippen LogP contribution in [0.2, 0.25) is 0 Å². The van der Waals surface area contributed by atoms with Crippen molar-refractivity contribution in [3.05, 3.63) is 0 Å². The summed E-state index contributed by atoms with van der Waals surface area (Å²) in [6.07, 6.45) is 5.53. The monoisotopic (exact) mass is 168 g/mol. The van der Waals surface area contributed by atoms with Gasteiger partial charge in [0, 0.05) is 11.7 Å². The van der Waals surface area contributed by atoms with E-state index in [4.69, 9.17) is 0 Å². The van der Waals surface area contributed by atoms with E-state index in [1.54, 1.807) is 0 Å². The minimum atomic E-state index is 0.674. The van der Waals surface area contributed by atoms with Crippen molar-refractivity contribution in [2.75, 3.05) is 5.75 Å². The van der Waals surface area contributed by atoms with Crippen molar-refractivity contribution in [1.29, 1.82) is 0 Å². The highest BCUT2D eigenvalue weighted by Crippen LogP contribution is 2.26. The summed E-state index contributed by atoms with van der Waals surface area (Å²) in [4.78, 5) is 9.87. The number of carbonyl (C=O) groups is 1. The first kappa shape index (κ1) is 8.67. The van der Waals surface area contributed by atoms with E-state index in [0.29, 0.717) is 11.5 Å². The van der Waals surface area contributed by atoms with Crippen LogP contribution in [0.1, 0.15) is 25.7 Å². The molecule has 0 amide bonds. The Morgan fingerprint density at radius 1 is 1.55 bits per heavy atom. The molecular weight excluding hydrogens is 156 g/mol. The zero-order valence-corrected chi connectivity index (χ0v) is 7.32. The first-order valence-electron chi connectivity index (χ1n) is 3.97. The molecule has 0 aromatic rings. The fraction of sp³-hybridized carbons (Fsp3) is 0.667. The van der Waals surface area contributed by atoms with Crippen LogP contribution >= 0.6 is 11.8 Å². The summed E-state index contributed by atoms with van der Waals surface area (Å²) >= 11 is 2.00. The maximum absolute atomic E-state index is 9.87. The summed E-state index contributed by atoms with van der Waals surface area (Å²) in [5.41, 5.74) is 0. The lowest BCUT2D eigenvalue weighted by Gasteiger charge is -2.18. The smallest absolute Gasteiger partial charge is 0.192 e. The van der Waals surface area contributed by atoms with Crippen molar-refractivity contribution < 1.29 is 4.79 Å². The first-order chi connectivity index (χ1) is 5.43. The van der Waals surface area contributed by atoms with Crippen LogP contribution in [-0.4, -0.2) is 17.3 Å². The lowest BCUT2D eigenvalue weighted by atomic mass is 10.1. The average molecular weight is 168 g/mol. The Bertz CT molecular complexity index is 172. The van der Waals surface area contributed by atoms with Crippen LogP contribution in [0.3, 0.4) is 0 Å². The number of hydrogen-bond donors (Lipinski definition) is 0. The van der Waals surface area contributed by atoms with Crippen molar-refractivity contribution in [2.24, 2.45) is 0 Å². The van der Waals surface area contributed by atoms with Crippen molar-refractivity contribution in [2.45, 2.75) is 30.9 Å². The van der Waals surface area contributed by atoms with E-state index in [9.17, 15) is 4.79 Å². The fourth-order valence-electron chi connectivity index (χ4n) is 1.18. The Hall–Kier alpha value is -0.420. The lowest BCUT2D eigenvalue weighted by Crippen LogP contribution is -2.07. The average Bonchev–Trinajstić information content (AvgIpc) is 2.07. The van der Waals surface area contributed by atoms with Crippen LogP contribution in [0.5, 0.6) is 0 Å². The third-order valence-electron chi connectivity index (χ3n) is 1.76. The van der Waals surface area contributed by atoms with E-state index < -0.39 is 0 Å². The molecule has 0 bridgehead atoms. The number of rotatable bonds is 1. The third kappa shape index (κ3) is 3.48. The number of aldehydes is 1. The molecule has 1 heterocycles. The standard InChI is InChI=1S/C9H12OS/c10-7-3-1-5-9-6-2-4-8-11-9/h7,9H,2,4-6,8H2. The predicted molar refractivity (Wildman–Crippen MR) is 48.6 cm³/mol. The molecule has 0 saturated carbocycles. The van der Waals surface area contributed by atoms with Crippen LogP contribution in [0.25, 0.3) is 0 Å². The molecule has 60 valence electrons. The predicted octanol–water partition coefficient (Wildman–Crippen LogP) is 1.86. The van der Waals surface area contributed by atoms with Crippen molar-refractivity contribution in [3.63, 3.8) is 0 Å². The van der Waals surface area contributed by atoms with Gasteiger partial charge in [0.15, 0.2) is 6.29 Å². The van der Waals surface area contributed by atoms with E-state index in [2.05, 4.69) is 11.8 Å². The minimum Gasteiger partial charge on any atom is -0.289 e. The van der Waals surface area contributed by atoms with Gasteiger partial charge in [0.25, 0.3) is 0 Å². The van der Waals surface area contributed by atoms with Crippen LogP contribution in [0.4, 0.5) is 0 Å². The van der Waals surface area contributed by atoms with Gasteiger partial charge >= 0.3 is 0 Å². The maximum atomic E-state index is 9.87. The van der Waals surface area contributed by atoms with Gasteiger partial charge in [-0.05, 0) is 24.5 Å². The highest BCUT2D eigenvalue weighted by molar-refractivity contribution is 7.99. The maximum Gasteiger partial charge on any atom is 0.192 e. The molecule has 0 aromatic carbocycles. The van der Waals surface area contributed by atoms with Gasteiger partial charge in [0.05, 0.1) is 0 Å². The Labute approximate surface area is 71.9 Å². The Morgan fingerprint density at radius 3 is 3.09 bits per heavy atom. The van der Waals surface area contributed by atoms with Crippen molar-refractivity contribution >= 4 is 18.0 Å². The molecule has 1 unspecified atom stereocenters. The molecule has 11 heavy (non-hydrogen) atoms. The summed E-state index contributed by atoms with van der Waals surface area (Å²) in [5.74, 6) is 6.59. The van der Waals surface area contributed by atoms with Gasteiger partial charge in [-0.1, -0.05) is 12.3 Å².